The Kier molecular flexibility index (Phi) is 10.1. The molecule has 0 unspecified atom stereocenters. The molecule has 0 radical (unpaired) electrons. The average Bonchev–Trinajstić information content (AvgIpc) is 3.50. The molecule has 46 heavy (non-hydrogen) atoms. The molecular weight excluding hydrogens is 612 g/mol. The summed E-state index contributed by atoms with van der Waals surface area (Å²) in [5, 5.41) is 10.3. The molecule has 2 N–H and O–H groups in total. The lowest BCUT2D eigenvalue weighted by molar-refractivity contribution is -0.122. The SMILES string of the molecule is COC(=O)c1ccccc1S(=O)(=O)N1CCCNC(=O)c2cccc(c2)OCCn2nc(-c3ccccc3)nc2[C@H](C)NC(=O)C1. The van der Waals surface area contributed by atoms with E-state index in [4.69, 9.17) is 14.5 Å². The summed E-state index contributed by atoms with van der Waals surface area (Å²) in [6, 6.07) is 21.1. The fourth-order valence-corrected chi connectivity index (χ4v) is 6.61. The highest BCUT2D eigenvalue weighted by atomic mass is 32.2. The molecule has 2 amide bonds. The summed E-state index contributed by atoms with van der Waals surface area (Å²) in [6.07, 6.45) is 0.180. The van der Waals surface area contributed by atoms with Crippen molar-refractivity contribution in [3.8, 4) is 17.1 Å². The largest absolute Gasteiger partial charge is 0.492 e. The van der Waals surface area contributed by atoms with Crippen molar-refractivity contribution in [2.45, 2.75) is 30.8 Å². The van der Waals surface area contributed by atoms with Gasteiger partial charge in [-0.25, -0.2) is 22.9 Å². The second-order valence-electron chi connectivity index (χ2n) is 10.5. The number of rotatable bonds is 4. The number of carbonyl (C=O) groups excluding carboxylic acids is 3. The third-order valence-corrected chi connectivity index (χ3v) is 9.17. The van der Waals surface area contributed by atoms with Crippen LogP contribution in [0.25, 0.3) is 11.4 Å². The topological polar surface area (TPSA) is 162 Å². The number of aromatic nitrogens is 3. The van der Waals surface area contributed by atoms with Crippen molar-refractivity contribution in [2.75, 3.05) is 33.4 Å². The minimum Gasteiger partial charge on any atom is -0.492 e. The summed E-state index contributed by atoms with van der Waals surface area (Å²) < 4.78 is 41.2. The van der Waals surface area contributed by atoms with Gasteiger partial charge in [0, 0.05) is 24.2 Å². The van der Waals surface area contributed by atoms with E-state index in [1.54, 1.807) is 35.9 Å². The van der Waals surface area contributed by atoms with Crippen LogP contribution in [0.15, 0.2) is 83.8 Å². The van der Waals surface area contributed by atoms with E-state index in [1.807, 2.05) is 30.3 Å². The van der Waals surface area contributed by atoms with E-state index in [2.05, 4.69) is 15.7 Å². The van der Waals surface area contributed by atoms with Crippen LogP contribution >= 0.6 is 0 Å². The second-order valence-corrected chi connectivity index (χ2v) is 12.4. The molecule has 1 atom stereocenters. The minimum absolute atomic E-state index is 0.123. The summed E-state index contributed by atoms with van der Waals surface area (Å²) >= 11 is 0. The lowest BCUT2D eigenvalue weighted by Gasteiger charge is -2.24. The summed E-state index contributed by atoms with van der Waals surface area (Å²) in [5.41, 5.74) is 0.992. The van der Waals surface area contributed by atoms with Crippen LogP contribution in [-0.2, 0) is 26.1 Å². The maximum Gasteiger partial charge on any atom is 0.339 e. The number of hydrogen-bond acceptors (Lipinski definition) is 9. The monoisotopic (exact) mass is 646 g/mol. The van der Waals surface area contributed by atoms with Crippen LogP contribution in [0, 0.1) is 0 Å². The van der Waals surface area contributed by atoms with Crippen LogP contribution < -0.4 is 15.4 Å². The van der Waals surface area contributed by atoms with E-state index in [1.165, 1.54) is 24.3 Å². The van der Waals surface area contributed by atoms with Gasteiger partial charge in [-0.3, -0.25) is 9.59 Å². The van der Waals surface area contributed by atoms with Crippen molar-refractivity contribution in [3.63, 3.8) is 0 Å². The Bertz CT molecular complexity index is 1830. The van der Waals surface area contributed by atoms with Crippen LogP contribution in [0.1, 0.15) is 45.9 Å². The van der Waals surface area contributed by atoms with Gasteiger partial charge in [-0.2, -0.15) is 9.40 Å². The highest BCUT2D eigenvalue weighted by Gasteiger charge is 2.31. The highest BCUT2D eigenvalue weighted by molar-refractivity contribution is 7.89. The predicted octanol–water partition coefficient (Wildman–Crippen LogP) is 2.81. The smallest absolute Gasteiger partial charge is 0.339 e. The number of hydrogen-bond donors (Lipinski definition) is 2. The summed E-state index contributed by atoms with van der Waals surface area (Å²) in [6.45, 7) is 1.64. The summed E-state index contributed by atoms with van der Waals surface area (Å²) in [7, 11) is -3.21. The first-order valence-electron chi connectivity index (χ1n) is 14.7. The quantitative estimate of drug-likeness (QED) is 0.318. The molecule has 1 aromatic heterocycles. The first-order chi connectivity index (χ1) is 22.2. The molecule has 2 bridgehead atoms. The maximum absolute atomic E-state index is 13.9. The third kappa shape index (κ3) is 7.41. The molecule has 5 rings (SSSR count). The number of methoxy groups -OCH3 is 1. The van der Waals surface area contributed by atoms with Gasteiger partial charge in [0.15, 0.2) is 5.82 Å². The van der Waals surface area contributed by atoms with E-state index >= 15 is 0 Å². The van der Waals surface area contributed by atoms with Crippen molar-refractivity contribution in [1.29, 1.82) is 0 Å². The predicted molar refractivity (Wildman–Crippen MR) is 167 cm³/mol. The van der Waals surface area contributed by atoms with Crippen molar-refractivity contribution >= 4 is 27.8 Å². The fraction of sp³-hybridized carbons (Fsp3) is 0.281. The molecule has 14 heteroatoms. The van der Waals surface area contributed by atoms with Crippen LogP contribution in [0.5, 0.6) is 5.75 Å². The van der Waals surface area contributed by atoms with Crippen molar-refractivity contribution in [3.05, 3.63) is 95.8 Å². The van der Waals surface area contributed by atoms with Crippen LogP contribution in [0.2, 0.25) is 0 Å². The fourth-order valence-electron chi connectivity index (χ4n) is 4.99. The van der Waals surface area contributed by atoms with Gasteiger partial charge in [-0.1, -0.05) is 48.5 Å². The molecule has 0 saturated heterocycles. The first kappa shape index (κ1) is 32.3. The number of carbonyl (C=O) groups is 3. The Morgan fingerprint density at radius 3 is 2.50 bits per heavy atom. The van der Waals surface area contributed by atoms with Gasteiger partial charge in [0.1, 0.15) is 18.2 Å². The van der Waals surface area contributed by atoms with Gasteiger partial charge < -0.3 is 20.1 Å². The van der Waals surface area contributed by atoms with Gasteiger partial charge in [0.05, 0.1) is 36.7 Å². The van der Waals surface area contributed by atoms with Gasteiger partial charge in [0.25, 0.3) is 5.91 Å². The number of fused-ring (bicyclic) bond motifs is 3. The van der Waals surface area contributed by atoms with E-state index in [0.717, 1.165) is 17.0 Å². The van der Waals surface area contributed by atoms with Gasteiger partial charge >= 0.3 is 5.97 Å². The molecule has 3 aromatic carbocycles. The molecule has 13 nitrogen and oxygen atoms in total. The number of benzene rings is 3. The molecule has 1 aliphatic rings. The summed E-state index contributed by atoms with van der Waals surface area (Å²) in [5.74, 6) is -0.416. The molecular formula is C32H34N6O7S. The standard InChI is InChI=1S/C32H34N6O7S/c1-22-30-35-29(23-10-4-3-5-11-23)36-38(30)18-19-45-25-13-8-12-24(20-25)31(40)33-16-9-17-37(21-28(39)34-22)46(42,43)27-15-7-6-14-26(27)32(41)44-2/h3-8,10-15,20,22H,9,16-19,21H2,1-2H3,(H,33,40)(H,34,39)/t22-/m0/s1. The number of sulfonamides is 1. The minimum atomic E-state index is -4.37. The Balaban J connectivity index is 1.49. The second kappa shape index (κ2) is 14.3. The zero-order valence-electron chi connectivity index (χ0n) is 25.4. The van der Waals surface area contributed by atoms with Crippen LogP contribution in [0.4, 0.5) is 0 Å². The lowest BCUT2D eigenvalue weighted by Crippen LogP contribution is -2.43. The number of ether oxygens (including phenoxy) is 2. The lowest BCUT2D eigenvalue weighted by atomic mass is 10.2. The number of amides is 2. The zero-order chi connectivity index (χ0) is 32.7. The van der Waals surface area contributed by atoms with Gasteiger partial charge in [0.2, 0.25) is 15.9 Å². The highest BCUT2D eigenvalue weighted by Crippen LogP contribution is 2.23. The maximum atomic E-state index is 13.9. The van der Waals surface area contributed by atoms with Crippen LogP contribution in [0.3, 0.4) is 0 Å². The number of nitrogens with zero attached hydrogens (tertiary/aromatic N) is 4. The van der Waals surface area contributed by atoms with E-state index in [9.17, 15) is 22.8 Å². The molecule has 0 aliphatic carbocycles. The normalized spacial score (nSPS) is 17.0. The van der Waals surface area contributed by atoms with Crippen LogP contribution in [-0.4, -0.2) is 78.6 Å². The first-order valence-corrected chi connectivity index (χ1v) is 16.1. The zero-order valence-corrected chi connectivity index (χ0v) is 26.2. The van der Waals surface area contributed by atoms with E-state index < -0.39 is 34.5 Å². The summed E-state index contributed by atoms with van der Waals surface area (Å²) in [4.78, 5) is 43.2. The Morgan fingerprint density at radius 2 is 1.72 bits per heavy atom. The third-order valence-electron chi connectivity index (χ3n) is 7.27. The Hall–Kier alpha value is -5.08. The molecule has 4 aromatic rings. The van der Waals surface area contributed by atoms with Gasteiger partial charge in [-0.15, -0.1) is 0 Å². The molecule has 240 valence electrons. The number of nitrogens with one attached hydrogen (secondary N) is 2. The molecule has 1 aliphatic heterocycles. The van der Waals surface area contributed by atoms with Crippen molar-refractivity contribution in [1.82, 2.24) is 29.7 Å². The van der Waals surface area contributed by atoms with Crippen molar-refractivity contribution < 1.29 is 32.3 Å². The molecule has 0 saturated carbocycles. The molecule has 0 fully saturated rings. The van der Waals surface area contributed by atoms with Gasteiger partial charge in [-0.05, 0) is 43.7 Å². The average molecular weight is 647 g/mol. The Labute approximate surface area is 266 Å². The molecule has 0 spiro atoms. The Morgan fingerprint density at radius 1 is 0.978 bits per heavy atom. The van der Waals surface area contributed by atoms with E-state index in [-0.39, 0.29) is 49.0 Å². The van der Waals surface area contributed by atoms with E-state index in [0.29, 0.717) is 23.0 Å². The number of esters is 1. The van der Waals surface area contributed by atoms with Crippen molar-refractivity contribution in [2.24, 2.45) is 0 Å². The molecule has 2 heterocycles.